The van der Waals surface area contributed by atoms with Gasteiger partial charge < -0.3 is 4.90 Å². The average Bonchev–Trinajstić information content (AvgIpc) is 2.40. The van der Waals surface area contributed by atoms with Crippen molar-refractivity contribution in [1.82, 2.24) is 9.88 Å². The first-order valence-corrected chi connectivity index (χ1v) is 6.44. The maximum atomic E-state index is 12.1. The maximum Gasteiger partial charge on any atom is 0.272 e. The van der Waals surface area contributed by atoms with Gasteiger partial charge in [-0.05, 0) is 29.8 Å². The Labute approximate surface area is 121 Å². The standard InChI is InChI=1S/C14H12Cl2N2O/c1-18(9-10-5-7-11(15)8-6-10)14(19)12-3-2-4-13(16)17-12/h2-8H,9H2,1H3. The van der Waals surface area contributed by atoms with E-state index in [2.05, 4.69) is 4.98 Å². The Morgan fingerprint density at radius 2 is 1.84 bits per heavy atom. The molecule has 0 aliphatic heterocycles. The van der Waals surface area contributed by atoms with Gasteiger partial charge in [0.15, 0.2) is 0 Å². The molecule has 0 N–H and O–H groups in total. The van der Waals surface area contributed by atoms with Gasteiger partial charge in [0.05, 0.1) is 0 Å². The lowest BCUT2D eigenvalue weighted by molar-refractivity contribution is 0.0779. The van der Waals surface area contributed by atoms with Crippen LogP contribution in [0.1, 0.15) is 16.1 Å². The normalized spacial score (nSPS) is 10.3. The molecule has 0 fully saturated rings. The summed E-state index contributed by atoms with van der Waals surface area (Å²) in [4.78, 5) is 17.7. The number of pyridine rings is 1. The van der Waals surface area contributed by atoms with E-state index in [9.17, 15) is 4.79 Å². The number of nitrogens with zero attached hydrogens (tertiary/aromatic N) is 2. The molecule has 1 aromatic carbocycles. The van der Waals surface area contributed by atoms with Gasteiger partial charge in [0.1, 0.15) is 10.8 Å². The molecule has 98 valence electrons. The van der Waals surface area contributed by atoms with Gasteiger partial charge >= 0.3 is 0 Å². The minimum atomic E-state index is -0.169. The fourth-order valence-electron chi connectivity index (χ4n) is 1.66. The highest BCUT2D eigenvalue weighted by atomic mass is 35.5. The quantitative estimate of drug-likeness (QED) is 0.810. The van der Waals surface area contributed by atoms with Crippen molar-refractivity contribution in [3.8, 4) is 0 Å². The second kappa shape index (κ2) is 6.04. The summed E-state index contributed by atoms with van der Waals surface area (Å²) in [6, 6.07) is 12.4. The number of amides is 1. The zero-order valence-electron chi connectivity index (χ0n) is 10.3. The smallest absolute Gasteiger partial charge is 0.272 e. The summed E-state index contributed by atoms with van der Waals surface area (Å²) < 4.78 is 0. The Morgan fingerprint density at radius 3 is 2.47 bits per heavy atom. The summed E-state index contributed by atoms with van der Waals surface area (Å²) in [5.41, 5.74) is 1.34. The zero-order valence-corrected chi connectivity index (χ0v) is 11.8. The van der Waals surface area contributed by atoms with Gasteiger partial charge in [-0.3, -0.25) is 4.79 Å². The number of benzene rings is 1. The first kappa shape index (κ1) is 13.8. The minimum Gasteiger partial charge on any atom is -0.336 e. The zero-order chi connectivity index (χ0) is 13.8. The van der Waals surface area contributed by atoms with E-state index in [1.165, 1.54) is 0 Å². The monoisotopic (exact) mass is 294 g/mol. The van der Waals surface area contributed by atoms with Crippen molar-refractivity contribution < 1.29 is 4.79 Å². The van der Waals surface area contributed by atoms with Gasteiger partial charge in [0.25, 0.3) is 5.91 Å². The number of aromatic nitrogens is 1. The molecule has 19 heavy (non-hydrogen) atoms. The topological polar surface area (TPSA) is 33.2 Å². The lowest BCUT2D eigenvalue weighted by Crippen LogP contribution is -2.26. The first-order chi connectivity index (χ1) is 9.06. The highest BCUT2D eigenvalue weighted by Gasteiger charge is 2.13. The van der Waals surface area contributed by atoms with Crippen LogP contribution >= 0.6 is 23.2 Å². The van der Waals surface area contributed by atoms with Crippen LogP contribution in [-0.2, 0) is 6.54 Å². The van der Waals surface area contributed by atoms with Gasteiger partial charge in [-0.25, -0.2) is 4.98 Å². The molecule has 0 radical (unpaired) electrons. The van der Waals surface area contributed by atoms with Crippen molar-refractivity contribution in [3.05, 3.63) is 63.9 Å². The van der Waals surface area contributed by atoms with Gasteiger partial charge in [-0.15, -0.1) is 0 Å². The van der Waals surface area contributed by atoms with E-state index in [0.29, 0.717) is 22.4 Å². The van der Waals surface area contributed by atoms with Crippen LogP contribution in [0.15, 0.2) is 42.5 Å². The third-order valence-electron chi connectivity index (χ3n) is 2.61. The number of carbonyl (C=O) groups is 1. The van der Waals surface area contributed by atoms with Crippen molar-refractivity contribution >= 4 is 29.1 Å². The Hall–Kier alpha value is -1.58. The molecule has 0 saturated carbocycles. The van der Waals surface area contributed by atoms with Crippen molar-refractivity contribution in [2.75, 3.05) is 7.05 Å². The van der Waals surface area contributed by atoms with E-state index >= 15 is 0 Å². The van der Waals surface area contributed by atoms with Gasteiger partial charge in [-0.2, -0.15) is 0 Å². The Bertz CT molecular complexity index is 584. The Kier molecular flexibility index (Phi) is 4.40. The first-order valence-electron chi connectivity index (χ1n) is 5.69. The van der Waals surface area contributed by atoms with E-state index < -0.39 is 0 Å². The number of hydrogen-bond acceptors (Lipinski definition) is 2. The largest absolute Gasteiger partial charge is 0.336 e. The highest BCUT2D eigenvalue weighted by molar-refractivity contribution is 6.30. The molecule has 1 aromatic heterocycles. The maximum absolute atomic E-state index is 12.1. The molecule has 0 atom stereocenters. The van der Waals surface area contributed by atoms with E-state index in [0.717, 1.165) is 5.56 Å². The molecule has 2 aromatic rings. The van der Waals surface area contributed by atoms with E-state index in [-0.39, 0.29) is 5.91 Å². The van der Waals surface area contributed by atoms with Crippen LogP contribution in [0.25, 0.3) is 0 Å². The van der Waals surface area contributed by atoms with Crippen LogP contribution in [0.2, 0.25) is 10.2 Å². The molecule has 0 unspecified atom stereocenters. The number of carbonyl (C=O) groups excluding carboxylic acids is 1. The SMILES string of the molecule is CN(Cc1ccc(Cl)cc1)C(=O)c1cccc(Cl)n1. The molecule has 1 heterocycles. The molecular formula is C14H12Cl2N2O. The van der Waals surface area contributed by atoms with Crippen LogP contribution in [-0.4, -0.2) is 22.8 Å². The predicted octanol–water partition coefficient (Wildman–Crippen LogP) is 3.66. The Morgan fingerprint density at radius 1 is 1.16 bits per heavy atom. The lowest BCUT2D eigenvalue weighted by atomic mass is 10.2. The van der Waals surface area contributed by atoms with Crippen LogP contribution in [0, 0.1) is 0 Å². The summed E-state index contributed by atoms with van der Waals surface area (Å²) >= 11 is 11.6. The molecule has 0 spiro atoms. The Balaban J connectivity index is 2.09. The molecule has 2 rings (SSSR count). The second-order valence-electron chi connectivity index (χ2n) is 4.13. The molecular weight excluding hydrogens is 283 g/mol. The van der Waals surface area contributed by atoms with Crippen molar-refractivity contribution in [1.29, 1.82) is 0 Å². The highest BCUT2D eigenvalue weighted by Crippen LogP contribution is 2.13. The molecule has 0 aliphatic carbocycles. The number of rotatable bonds is 3. The van der Waals surface area contributed by atoms with Crippen LogP contribution in [0.4, 0.5) is 0 Å². The number of hydrogen-bond donors (Lipinski definition) is 0. The van der Waals surface area contributed by atoms with Crippen LogP contribution < -0.4 is 0 Å². The summed E-state index contributed by atoms with van der Waals surface area (Å²) in [6.45, 7) is 0.490. The summed E-state index contributed by atoms with van der Waals surface area (Å²) in [6.07, 6.45) is 0. The average molecular weight is 295 g/mol. The van der Waals surface area contributed by atoms with E-state index in [1.54, 1.807) is 42.3 Å². The molecule has 0 saturated heterocycles. The summed E-state index contributed by atoms with van der Waals surface area (Å²) in [5.74, 6) is -0.169. The van der Waals surface area contributed by atoms with Crippen molar-refractivity contribution in [2.24, 2.45) is 0 Å². The van der Waals surface area contributed by atoms with Gasteiger partial charge in [0, 0.05) is 18.6 Å². The minimum absolute atomic E-state index is 0.169. The number of halogens is 2. The third-order valence-corrected chi connectivity index (χ3v) is 3.08. The second-order valence-corrected chi connectivity index (χ2v) is 4.96. The van der Waals surface area contributed by atoms with Crippen LogP contribution in [0.3, 0.4) is 0 Å². The molecule has 0 aliphatic rings. The fourth-order valence-corrected chi connectivity index (χ4v) is 1.95. The van der Waals surface area contributed by atoms with Crippen LogP contribution in [0.5, 0.6) is 0 Å². The lowest BCUT2D eigenvalue weighted by Gasteiger charge is -2.16. The third kappa shape index (κ3) is 3.69. The predicted molar refractivity (Wildman–Crippen MR) is 76.5 cm³/mol. The fraction of sp³-hybridized carbons (Fsp3) is 0.143. The molecule has 5 heteroatoms. The summed E-state index contributed by atoms with van der Waals surface area (Å²) in [5, 5.41) is 0.986. The van der Waals surface area contributed by atoms with Crippen molar-refractivity contribution in [2.45, 2.75) is 6.54 Å². The summed E-state index contributed by atoms with van der Waals surface area (Å²) in [7, 11) is 1.72. The molecule has 3 nitrogen and oxygen atoms in total. The van der Waals surface area contributed by atoms with E-state index in [1.807, 2.05) is 12.1 Å². The van der Waals surface area contributed by atoms with E-state index in [4.69, 9.17) is 23.2 Å². The van der Waals surface area contributed by atoms with Crippen molar-refractivity contribution in [3.63, 3.8) is 0 Å². The van der Waals surface area contributed by atoms with Gasteiger partial charge in [0.2, 0.25) is 0 Å². The molecule has 1 amide bonds. The van der Waals surface area contributed by atoms with Gasteiger partial charge in [-0.1, -0.05) is 41.4 Å². The molecule has 0 bridgehead atoms.